The van der Waals surface area contributed by atoms with Gasteiger partial charge in [0, 0.05) is 26.1 Å². The number of carbonyl (C=O) groups is 1. The Labute approximate surface area is 106 Å². The van der Waals surface area contributed by atoms with Gasteiger partial charge in [0.05, 0.1) is 0 Å². The third-order valence-corrected chi connectivity index (χ3v) is 3.08. The largest absolute Gasteiger partial charge is 0.343 e. The van der Waals surface area contributed by atoms with E-state index >= 15 is 0 Å². The molecular formula is C12H17N5O. The molecule has 18 heavy (non-hydrogen) atoms. The van der Waals surface area contributed by atoms with Gasteiger partial charge in [0.15, 0.2) is 17.2 Å². The van der Waals surface area contributed by atoms with Crippen LogP contribution in [0.4, 0.5) is 0 Å². The number of carbonyl (C=O) groups excluding carboxylic acids is 1. The summed E-state index contributed by atoms with van der Waals surface area (Å²) >= 11 is 0. The lowest BCUT2D eigenvalue weighted by atomic mass is 10.1. The fourth-order valence-electron chi connectivity index (χ4n) is 1.81. The highest BCUT2D eigenvalue weighted by Gasteiger charge is 2.19. The lowest BCUT2D eigenvalue weighted by Crippen LogP contribution is -2.25. The van der Waals surface area contributed by atoms with E-state index in [-0.39, 0.29) is 5.91 Å². The van der Waals surface area contributed by atoms with Crippen molar-refractivity contribution in [3.63, 3.8) is 0 Å². The van der Waals surface area contributed by atoms with Gasteiger partial charge in [-0.25, -0.2) is 0 Å². The minimum atomic E-state index is -0.103. The summed E-state index contributed by atoms with van der Waals surface area (Å²) in [6.45, 7) is 5.81. The molecule has 2 heterocycles. The minimum Gasteiger partial charge on any atom is -0.343 e. The summed E-state index contributed by atoms with van der Waals surface area (Å²) in [4.78, 5) is 13.6. The van der Waals surface area contributed by atoms with E-state index in [2.05, 4.69) is 15.3 Å². The normalized spacial score (nSPS) is 10.9. The summed E-state index contributed by atoms with van der Waals surface area (Å²) in [5, 5.41) is 12.6. The first kappa shape index (κ1) is 12.5. The van der Waals surface area contributed by atoms with Gasteiger partial charge in [-0.3, -0.25) is 4.79 Å². The van der Waals surface area contributed by atoms with E-state index in [0.717, 1.165) is 29.0 Å². The van der Waals surface area contributed by atoms with Crippen LogP contribution in [0.3, 0.4) is 0 Å². The van der Waals surface area contributed by atoms with Crippen molar-refractivity contribution >= 4 is 11.6 Å². The van der Waals surface area contributed by atoms with Crippen LogP contribution < -0.4 is 0 Å². The molecule has 0 unspecified atom stereocenters. The summed E-state index contributed by atoms with van der Waals surface area (Å²) in [6.07, 6.45) is 0.728. The zero-order valence-electron chi connectivity index (χ0n) is 11.4. The fraction of sp³-hybridized carbons (Fsp3) is 0.500. The maximum atomic E-state index is 12.1. The standard InChI is InChI=1S/C12H17N5O/c1-6-9-13-14-11-8(3)7(2)10(15-17(9)11)12(18)16(4)5/h6H2,1-5H3. The maximum Gasteiger partial charge on any atom is 0.274 e. The molecule has 2 rings (SSSR count). The lowest BCUT2D eigenvalue weighted by Gasteiger charge is -2.13. The first-order valence-electron chi connectivity index (χ1n) is 5.90. The molecule has 6 heteroatoms. The van der Waals surface area contributed by atoms with E-state index < -0.39 is 0 Å². The molecule has 0 aliphatic heterocycles. The Kier molecular flexibility index (Phi) is 3.02. The van der Waals surface area contributed by atoms with Gasteiger partial charge in [-0.05, 0) is 19.4 Å². The highest BCUT2D eigenvalue weighted by Crippen LogP contribution is 2.17. The predicted molar refractivity (Wildman–Crippen MR) is 67.7 cm³/mol. The van der Waals surface area contributed by atoms with Crippen molar-refractivity contribution in [3.8, 4) is 0 Å². The smallest absolute Gasteiger partial charge is 0.274 e. The van der Waals surface area contributed by atoms with Crippen molar-refractivity contribution in [1.82, 2.24) is 24.7 Å². The third-order valence-electron chi connectivity index (χ3n) is 3.08. The number of fused-ring (bicyclic) bond motifs is 1. The highest BCUT2D eigenvalue weighted by atomic mass is 16.2. The summed E-state index contributed by atoms with van der Waals surface area (Å²) in [5.74, 6) is 0.661. The molecule has 0 N–H and O–H groups in total. The molecule has 0 aliphatic rings. The van der Waals surface area contributed by atoms with Crippen molar-refractivity contribution in [2.45, 2.75) is 27.2 Å². The molecule has 0 atom stereocenters. The van der Waals surface area contributed by atoms with E-state index in [0.29, 0.717) is 5.69 Å². The molecule has 96 valence electrons. The van der Waals surface area contributed by atoms with Gasteiger partial charge in [0.2, 0.25) is 0 Å². The minimum absolute atomic E-state index is 0.103. The van der Waals surface area contributed by atoms with Crippen LogP contribution in [-0.4, -0.2) is 44.7 Å². The molecule has 0 saturated heterocycles. The van der Waals surface area contributed by atoms with Crippen LogP contribution in [0.1, 0.15) is 34.4 Å². The predicted octanol–water partition coefficient (Wildman–Crippen LogP) is 1.01. The van der Waals surface area contributed by atoms with Crippen LogP contribution in [0.25, 0.3) is 5.65 Å². The van der Waals surface area contributed by atoms with Gasteiger partial charge in [-0.1, -0.05) is 6.92 Å². The number of hydrogen-bond donors (Lipinski definition) is 0. The van der Waals surface area contributed by atoms with Crippen LogP contribution in [0.2, 0.25) is 0 Å². The molecule has 0 aliphatic carbocycles. The quantitative estimate of drug-likeness (QED) is 0.794. The molecule has 0 radical (unpaired) electrons. The molecule has 0 fully saturated rings. The van der Waals surface area contributed by atoms with Gasteiger partial charge in [-0.2, -0.15) is 9.61 Å². The topological polar surface area (TPSA) is 63.4 Å². The summed E-state index contributed by atoms with van der Waals surface area (Å²) in [5.41, 5.74) is 2.98. The van der Waals surface area contributed by atoms with Gasteiger partial charge in [0.1, 0.15) is 0 Å². The number of nitrogens with zero attached hydrogens (tertiary/aromatic N) is 5. The Morgan fingerprint density at radius 1 is 1.22 bits per heavy atom. The van der Waals surface area contributed by atoms with E-state index in [4.69, 9.17) is 0 Å². The van der Waals surface area contributed by atoms with Crippen molar-refractivity contribution in [2.75, 3.05) is 14.1 Å². The first-order valence-corrected chi connectivity index (χ1v) is 5.90. The average Bonchev–Trinajstić information content (AvgIpc) is 2.75. The van der Waals surface area contributed by atoms with Crippen LogP contribution in [0.15, 0.2) is 0 Å². The zero-order valence-corrected chi connectivity index (χ0v) is 11.4. The number of rotatable bonds is 2. The van der Waals surface area contributed by atoms with Gasteiger partial charge >= 0.3 is 0 Å². The Hall–Kier alpha value is -1.98. The molecule has 0 spiro atoms. The monoisotopic (exact) mass is 247 g/mol. The molecule has 0 aromatic carbocycles. The first-order chi connectivity index (χ1) is 8.47. The third kappa shape index (κ3) is 1.73. The second kappa shape index (κ2) is 4.36. The Balaban J connectivity index is 2.75. The van der Waals surface area contributed by atoms with E-state index in [9.17, 15) is 4.79 Å². The Morgan fingerprint density at radius 3 is 2.44 bits per heavy atom. The fourth-order valence-corrected chi connectivity index (χ4v) is 1.81. The molecule has 2 aromatic heterocycles. The summed E-state index contributed by atoms with van der Waals surface area (Å²) < 4.78 is 1.67. The van der Waals surface area contributed by atoms with Crippen molar-refractivity contribution in [3.05, 3.63) is 22.6 Å². The summed E-state index contributed by atoms with van der Waals surface area (Å²) in [6, 6.07) is 0. The zero-order chi connectivity index (χ0) is 13.4. The molecule has 1 amide bonds. The summed E-state index contributed by atoms with van der Waals surface area (Å²) in [7, 11) is 3.44. The maximum absolute atomic E-state index is 12.1. The van der Waals surface area contributed by atoms with Crippen LogP contribution in [0.5, 0.6) is 0 Å². The Bertz CT molecular complexity index is 614. The van der Waals surface area contributed by atoms with E-state index in [1.54, 1.807) is 18.6 Å². The average molecular weight is 247 g/mol. The number of amides is 1. The van der Waals surface area contributed by atoms with E-state index in [1.807, 2.05) is 20.8 Å². The molecule has 2 aromatic rings. The van der Waals surface area contributed by atoms with Crippen LogP contribution in [-0.2, 0) is 6.42 Å². The second-order valence-electron chi connectivity index (χ2n) is 4.50. The number of aryl methyl sites for hydroxylation is 2. The van der Waals surface area contributed by atoms with E-state index in [1.165, 1.54) is 4.90 Å². The van der Waals surface area contributed by atoms with Gasteiger partial charge in [-0.15, -0.1) is 10.2 Å². The number of aromatic nitrogens is 4. The van der Waals surface area contributed by atoms with Crippen molar-refractivity contribution in [2.24, 2.45) is 0 Å². The van der Waals surface area contributed by atoms with Crippen molar-refractivity contribution in [1.29, 1.82) is 0 Å². The molecular weight excluding hydrogens is 230 g/mol. The van der Waals surface area contributed by atoms with Gasteiger partial charge in [0.25, 0.3) is 5.91 Å². The SMILES string of the molecule is CCc1nnc2c(C)c(C)c(C(=O)N(C)C)nn12. The number of hydrogen-bond acceptors (Lipinski definition) is 4. The highest BCUT2D eigenvalue weighted by molar-refractivity contribution is 5.93. The molecule has 0 saturated carbocycles. The lowest BCUT2D eigenvalue weighted by molar-refractivity contribution is 0.0819. The second-order valence-corrected chi connectivity index (χ2v) is 4.50. The molecule has 0 bridgehead atoms. The molecule has 6 nitrogen and oxygen atoms in total. The van der Waals surface area contributed by atoms with Crippen molar-refractivity contribution < 1.29 is 4.79 Å². The van der Waals surface area contributed by atoms with Gasteiger partial charge < -0.3 is 4.90 Å². The Morgan fingerprint density at radius 2 is 1.89 bits per heavy atom. The van der Waals surface area contributed by atoms with Crippen LogP contribution >= 0.6 is 0 Å². The van der Waals surface area contributed by atoms with Crippen LogP contribution in [0, 0.1) is 13.8 Å².